The number of benzene rings is 1. The van der Waals surface area contributed by atoms with E-state index in [4.69, 9.17) is 17.3 Å². The quantitative estimate of drug-likeness (QED) is 0.822. The van der Waals surface area contributed by atoms with E-state index in [2.05, 4.69) is 12.2 Å². The van der Waals surface area contributed by atoms with Crippen LogP contribution in [0.5, 0.6) is 0 Å². The number of likely N-dealkylation sites (tertiary alicyclic amines) is 1. The summed E-state index contributed by atoms with van der Waals surface area (Å²) in [6.45, 7) is 3.50. The normalized spacial score (nSPS) is 23.8. The number of nitrogens with zero attached hydrogens (tertiary/aromatic N) is 1. The molecule has 5 heteroatoms. The molecule has 0 spiro atoms. The van der Waals surface area contributed by atoms with E-state index in [1.807, 2.05) is 4.90 Å². The van der Waals surface area contributed by atoms with Gasteiger partial charge in [-0.25, -0.2) is 4.79 Å². The van der Waals surface area contributed by atoms with Crippen molar-refractivity contribution in [2.45, 2.75) is 19.4 Å². The number of amides is 2. The van der Waals surface area contributed by atoms with Crippen LogP contribution in [-0.4, -0.2) is 30.1 Å². The molecule has 98 valence electrons. The third-order valence-corrected chi connectivity index (χ3v) is 3.61. The average Bonchev–Trinajstić information content (AvgIpc) is 2.35. The number of nitrogens with two attached hydrogens (primary N) is 1. The van der Waals surface area contributed by atoms with Gasteiger partial charge in [0.15, 0.2) is 0 Å². The molecule has 0 radical (unpaired) electrons. The SMILES string of the molecule is CC1CN(C(=O)Nc2ccc(Cl)cc2)CCC1N. The summed E-state index contributed by atoms with van der Waals surface area (Å²) in [5, 5.41) is 3.52. The van der Waals surface area contributed by atoms with Crippen LogP contribution in [-0.2, 0) is 0 Å². The zero-order valence-corrected chi connectivity index (χ0v) is 11.2. The highest BCUT2D eigenvalue weighted by atomic mass is 35.5. The van der Waals surface area contributed by atoms with Crippen LogP contribution in [0.2, 0.25) is 5.02 Å². The maximum Gasteiger partial charge on any atom is 0.321 e. The number of hydrogen-bond donors (Lipinski definition) is 2. The molecular weight excluding hydrogens is 250 g/mol. The molecule has 2 atom stereocenters. The monoisotopic (exact) mass is 267 g/mol. The second-order valence-electron chi connectivity index (χ2n) is 4.81. The van der Waals surface area contributed by atoms with Gasteiger partial charge < -0.3 is 16.0 Å². The summed E-state index contributed by atoms with van der Waals surface area (Å²) in [6.07, 6.45) is 0.856. The van der Waals surface area contributed by atoms with Crippen molar-refractivity contribution in [3.8, 4) is 0 Å². The van der Waals surface area contributed by atoms with Crippen molar-refractivity contribution in [2.75, 3.05) is 18.4 Å². The molecule has 0 saturated carbocycles. The molecule has 0 bridgehead atoms. The lowest BCUT2D eigenvalue weighted by Gasteiger charge is -2.35. The Morgan fingerprint density at radius 2 is 2.11 bits per heavy atom. The Balaban J connectivity index is 1.94. The molecule has 0 aromatic heterocycles. The third kappa shape index (κ3) is 3.15. The topological polar surface area (TPSA) is 58.4 Å². The van der Waals surface area contributed by atoms with E-state index in [1.54, 1.807) is 24.3 Å². The lowest BCUT2D eigenvalue weighted by atomic mass is 9.95. The lowest BCUT2D eigenvalue weighted by Crippen LogP contribution is -2.49. The number of urea groups is 1. The maximum absolute atomic E-state index is 12.0. The van der Waals surface area contributed by atoms with Crippen molar-refractivity contribution in [3.63, 3.8) is 0 Å². The van der Waals surface area contributed by atoms with Crippen molar-refractivity contribution in [2.24, 2.45) is 11.7 Å². The average molecular weight is 268 g/mol. The number of hydrogen-bond acceptors (Lipinski definition) is 2. The fourth-order valence-corrected chi connectivity index (χ4v) is 2.21. The predicted molar refractivity (Wildman–Crippen MR) is 73.8 cm³/mol. The molecular formula is C13H18ClN3O. The minimum Gasteiger partial charge on any atom is -0.327 e. The van der Waals surface area contributed by atoms with Gasteiger partial charge in [-0.15, -0.1) is 0 Å². The first-order chi connectivity index (χ1) is 8.56. The molecule has 1 aromatic rings. The van der Waals surface area contributed by atoms with Gasteiger partial charge in [-0.1, -0.05) is 18.5 Å². The van der Waals surface area contributed by atoms with E-state index in [9.17, 15) is 4.79 Å². The van der Waals surface area contributed by atoms with Gasteiger partial charge in [0, 0.05) is 29.8 Å². The summed E-state index contributed by atoms with van der Waals surface area (Å²) in [5.74, 6) is 0.342. The highest BCUT2D eigenvalue weighted by molar-refractivity contribution is 6.30. The van der Waals surface area contributed by atoms with Crippen LogP contribution in [0, 0.1) is 5.92 Å². The number of carbonyl (C=O) groups excluding carboxylic acids is 1. The van der Waals surface area contributed by atoms with Crippen molar-refractivity contribution >= 4 is 23.3 Å². The third-order valence-electron chi connectivity index (χ3n) is 3.35. The molecule has 4 nitrogen and oxygen atoms in total. The zero-order valence-electron chi connectivity index (χ0n) is 10.4. The summed E-state index contributed by atoms with van der Waals surface area (Å²) in [7, 11) is 0. The van der Waals surface area contributed by atoms with Crippen LogP contribution in [0.1, 0.15) is 13.3 Å². The van der Waals surface area contributed by atoms with Gasteiger partial charge in [0.1, 0.15) is 0 Å². The first-order valence-electron chi connectivity index (χ1n) is 6.13. The van der Waals surface area contributed by atoms with E-state index in [-0.39, 0.29) is 12.1 Å². The van der Waals surface area contributed by atoms with Crippen LogP contribution in [0.15, 0.2) is 24.3 Å². The Hall–Kier alpha value is -1.26. The van der Waals surface area contributed by atoms with Crippen LogP contribution in [0.25, 0.3) is 0 Å². The first kappa shape index (κ1) is 13.2. The molecule has 0 aliphatic carbocycles. The van der Waals surface area contributed by atoms with E-state index < -0.39 is 0 Å². The molecule has 1 heterocycles. The van der Waals surface area contributed by atoms with Gasteiger partial charge in [0.05, 0.1) is 0 Å². The number of carbonyl (C=O) groups is 1. The Morgan fingerprint density at radius 1 is 1.44 bits per heavy atom. The van der Waals surface area contributed by atoms with Gasteiger partial charge in [-0.05, 0) is 36.6 Å². The largest absolute Gasteiger partial charge is 0.327 e. The standard InChI is InChI=1S/C13H18ClN3O/c1-9-8-17(7-6-12(9)15)13(18)16-11-4-2-10(14)3-5-11/h2-5,9,12H,6-8,15H2,1H3,(H,16,18). The van der Waals surface area contributed by atoms with E-state index >= 15 is 0 Å². The summed E-state index contributed by atoms with van der Waals surface area (Å²) in [6, 6.07) is 7.22. The Kier molecular flexibility index (Phi) is 4.09. The number of rotatable bonds is 1. The Bertz CT molecular complexity index is 421. The molecule has 1 fully saturated rings. The lowest BCUT2D eigenvalue weighted by molar-refractivity contribution is 0.172. The van der Waals surface area contributed by atoms with Crippen LogP contribution < -0.4 is 11.1 Å². The van der Waals surface area contributed by atoms with Crippen LogP contribution in [0.3, 0.4) is 0 Å². The Morgan fingerprint density at radius 3 is 2.72 bits per heavy atom. The maximum atomic E-state index is 12.0. The van der Waals surface area contributed by atoms with Crippen molar-refractivity contribution in [1.29, 1.82) is 0 Å². The highest BCUT2D eigenvalue weighted by Gasteiger charge is 2.26. The predicted octanol–water partition coefficient (Wildman–Crippen LogP) is 2.54. The first-order valence-corrected chi connectivity index (χ1v) is 6.51. The summed E-state index contributed by atoms with van der Waals surface area (Å²) < 4.78 is 0. The van der Waals surface area contributed by atoms with Gasteiger partial charge in [0.25, 0.3) is 0 Å². The molecule has 1 saturated heterocycles. The van der Waals surface area contributed by atoms with Crippen molar-refractivity contribution in [1.82, 2.24) is 4.90 Å². The zero-order chi connectivity index (χ0) is 13.1. The molecule has 2 unspecified atom stereocenters. The second-order valence-corrected chi connectivity index (χ2v) is 5.25. The van der Waals surface area contributed by atoms with Gasteiger partial charge in [0.2, 0.25) is 0 Å². The fraction of sp³-hybridized carbons (Fsp3) is 0.462. The van der Waals surface area contributed by atoms with Gasteiger partial charge in [-0.2, -0.15) is 0 Å². The number of anilines is 1. The summed E-state index contributed by atoms with van der Waals surface area (Å²) in [4.78, 5) is 13.9. The van der Waals surface area contributed by atoms with Crippen molar-refractivity contribution in [3.05, 3.63) is 29.3 Å². The van der Waals surface area contributed by atoms with E-state index in [1.165, 1.54) is 0 Å². The van der Waals surface area contributed by atoms with E-state index in [0.717, 1.165) is 12.1 Å². The number of piperidine rings is 1. The minimum absolute atomic E-state index is 0.0731. The molecule has 1 aliphatic heterocycles. The fourth-order valence-electron chi connectivity index (χ4n) is 2.08. The number of nitrogens with one attached hydrogen (secondary N) is 1. The molecule has 2 amide bonds. The van der Waals surface area contributed by atoms with E-state index in [0.29, 0.717) is 24.0 Å². The number of halogens is 1. The molecule has 18 heavy (non-hydrogen) atoms. The smallest absolute Gasteiger partial charge is 0.321 e. The molecule has 1 aromatic carbocycles. The minimum atomic E-state index is -0.0731. The Labute approximate surface area is 112 Å². The van der Waals surface area contributed by atoms with Gasteiger partial charge >= 0.3 is 6.03 Å². The molecule has 3 N–H and O–H groups in total. The van der Waals surface area contributed by atoms with Gasteiger partial charge in [-0.3, -0.25) is 0 Å². The molecule has 2 rings (SSSR count). The molecule has 1 aliphatic rings. The van der Waals surface area contributed by atoms with Crippen molar-refractivity contribution < 1.29 is 4.79 Å². The van der Waals surface area contributed by atoms with Crippen LogP contribution in [0.4, 0.5) is 10.5 Å². The summed E-state index contributed by atoms with van der Waals surface area (Å²) >= 11 is 5.80. The van der Waals surface area contributed by atoms with Crippen LogP contribution >= 0.6 is 11.6 Å². The second kappa shape index (κ2) is 5.59. The summed E-state index contributed by atoms with van der Waals surface area (Å²) in [5.41, 5.74) is 6.69. The highest BCUT2D eigenvalue weighted by Crippen LogP contribution is 2.17.